The van der Waals surface area contributed by atoms with Crippen LogP contribution in [0.2, 0.25) is 5.02 Å². The number of nitrogens with zero attached hydrogens (tertiary/aromatic N) is 1. The number of benzene rings is 1. The maximum Gasteiger partial charge on any atom is 0.243 e. The van der Waals surface area contributed by atoms with Crippen molar-refractivity contribution in [1.82, 2.24) is 4.31 Å². The number of anilines is 1. The molecule has 0 aliphatic heterocycles. The van der Waals surface area contributed by atoms with E-state index >= 15 is 0 Å². The Morgan fingerprint density at radius 1 is 1.35 bits per heavy atom. The summed E-state index contributed by atoms with van der Waals surface area (Å²) in [5, 5.41) is 0.381. The Morgan fingerprint density at radius 3 is 2.45 bits per heavy atom. The van der Waals surface area contributed by atoms with Crippen LogP contribution in [0.3, 0.4) is 0 Å². The van der Waals surface area contributed by atoms with E-state index in [0.717, 1.165) is 6.42 Å². The van der Waals surface area contributed by atoms with Crippen LogP contribution in [0.1, 0.15) is 32.8 Å². The minimum absolute atomic E-state index is 0.240. The summed E-state index contributed by atoms with van der Waals surface area (Å²) in [7, 11) is -3.53. The van der Waals surface area contributed by atoms with Gasteiger partial charge in [-0.15, -0.1) is 0 Å². The van der Waals surface area contributed by atoms with E-state index in [1.165, 1.54) is 10.4 Å². The van der Waals surface area contributed by atoms with Gasteiger partial charge in [-0.25, -0.2) is 8.42 Å². The molecule has 0 aliphatic carbocycles. The molecule has 2 N–H and O–H groups in total. The van der Waals surface area contributed by atoms with Crippen molar-refractivity contribution < 1.29 is 8.42 Å². The van der Waals surface area contributed by atoms with Crippen molar-refractivity contribution in [3.63, 3.8) is 0 Å². The standard InChI is InChI=1S/C14H23ClN2O2S/c1-5-10(3)9-17(6-2)20(18,19)14-8-13(16)12(15)7-11(14)4/h7-8,10H,5-6,9,16H2,1-4H3. The molecule has 0 radical (unpaired) electrons. The molecular weight excluding hydrogens is 296 g/mol. The number of rotatable bonds is 6. The first-order chi connectivity index (χ1) is 9.23. The van der Waals surface area contributed by atoms with Crippen LogP contribution in [0.25, 0.3) is 0 Å². The third-order valence-corrected chi connectivity index (χ3v) is 5.89. The SMILES string of the molecule is CCC(C)CN(CC)S(=O)(=O)c1cc(N)c(Cl)cc1C. The smallest absolute Gasteiger partial charge is 0.243 e. The van der Waals surface area contributed by atoms with Gasteiger partial charge in [-0.3, -0.25) is 0 Å². The molecular formula is C14H23ClN2O2S. The number of hydrogen-bond acceptors (Lipinski definition) is 3. The van der Waals surface area contributed by atoms with Crippen molar-refractivity contribution in [3.8, 4) is 0 Å². The highest BCUT2D eigenvalue weighted by molar-refractivity contribution is 7.89. The largest absolute Gasteiger partial charge is 0.397 e. The zero-order chi connectivity index (χ0) is 15.5. The lowest BCUT2D eigenvalue weighted by Gasteiger charge is -2.24. The lowest BCUT2D eigenvalue weighted by molar-refractivity contribution is 0.361. The van der Waals surface area contributed by atoms with Gasteiger partial charge in [0.1, 0.15) is 0 Å². The minimum Gasteiger partial charge on any atom is -0.397 e. The molecule has 1 rings (SSSR count). The molecule has 0 saturated carbocycles. The Hall–Kier alpha value is -0.780. The highest BCUT2D eigenvalue weighted by Gasteiger charge is 2.26. The van der Waals surface area contributed by atoms with Crippen LogP contribution in [0.5, 0.6) is 0 Å². The van der Waals surface area contributed by atoms with E-state index in [1.807, 2.05) is 13.8 Å². The van der Waals surface area contributed by atoms with Crippen LogP contribution < -0.4 is 5.73 Å². The van der Waals surface area contributed by atoms with Crippen molar-refractivity contribution in [3.05, 3.63) is 22.7 Å². The van der Waals surface area contributed by atoms with E-state index in [-0.39, 0.29) is 10.6 Å². The van der Waals surface area contributed by atoms with Crippen molar-refractivity contribution in [2.45, 2.75) is 39.0 Å². The highest BCUT2D eigenvalue weighted by Crippen LogP contribution is 2.28. The summed E-state index contributed by atoms with van der Waals surface area (Å²) in [5.74, 6) is 0.315. The number of sulfonamides is 1. The highest BCUT2D eigenvalue weighted by atomic mass is 35.5. The molecule has 1 aromatic rings. The molecule has 0 saturated heterocycles. The molecule has 0 amide bonds. The fourth-order valence-electron chi connectivity index (χ4n) is 1.96. The third kappa shape index (κ3) is 3.65. The Kier molecular flexibility index (Phi) is 5.86. The monoisotopic (exact) mass is 318 g/mol. The molecule has 0 heterocycles. The Balaban J connectivity index is 3.24. The second-order valence-corrected chi connectivity index (χ2v) is 7.42. The maximum atomic E-state index is 12.7. The zero-order valence-electron chi connectivity index (χ0n) is 12.5. The van der Waals surface area contributed by atoms with Crippen molar-refractivity contribution >= 4 is 27.3 Å². The lowest BCUT2D eigenvalue weighted by Crippen LogP contribution is -2.35. The molecule has 1 atom stereocenters. The van der Waals surface area contributed by atoms with E-state index in [2.05, 4.69) is 6.92 Å². The molecule has 0 aliphatic rings. The van der Waals surface area contributed by atoms with Gasteiger partial charge in [0.2, 0.25) is 10.0 Å². The van der Waals surface area contributed by atoms with E-state index in [1.54, 1.807) is 13.0 Å². The van der Waals surface area contributed by atoms with Crippen molar-refractivity contribution in [2.75, 3.05) is 18.8 Å². The average Bonchev–Trinajstić information content (AvgIpc) is 2.39. The first-order valence-electron chi connectivity index (χ1n) is 6.79. The molecule has 4 nitrogen and oxygen atoms in total. The number of hydrogen-bond donors (Lipinski definition) is 1. The van der Waals surface area contributed by atoms with Crippen LogP contribution in [0.4, 0.5) is 5.69 Å². The molecule has 1 unspecified atom stereocenters. The van der Waals surface area contributed by atoms with Gasteiger partial charge < -0.3 is 5.73 Å². The number of halogens is 1. The summed E-state index contributed by atoms with van der Waals surface area (Å²) in [6.45, 7) is 8.62. The Bertz CT molecular complexity index is 573. The normalized spacial score (nSPS) is 13.7. The van der Waals surface area contributed by atoms with Crippen LogP contribution in [0, 0.1) is 12.8 Å². The quantitative estimate of drug-likeness (QED) is 0.819. The average molecular weight is 319 g/mol. The number of nitrogens with two attached hydrogens (primary N) is 1. The van der Waals surface area contributed by atoms with E-state index < -0.39 is 10.0 Å². The minimum atomic E-state index is -3.53. The Labute approximate surface area is 127 Å². The molecule has 6 heteroatoms. The van der Waals surface area contributed by atoms with Gasteiger partial charge in [0, 0.05) is 13.1 Å². The van der Waals surface area contributed by atoms with Gasteiger partial charge in [0.25, 0.3) is 0 Å². The molecule has 0 aromatic heterocycles. The first kappa shape index (κ1) is 17.3. The maximum absolute atomic E-state index is 12.7. The predicted octanol–water partition coefficient (Wildman–Crippen LogP) is 3.29. The number of nitrogen functional groups attached to an aromatic ring is 1. The van der Waals surface area contributed by atoms with Crippen molar-refractivity contribution in [1.29, 1.82) is 0 Å². The summed E-state index contributed by atoms with van der Waals surface area (Å²) >= 11 is 5.92. The number of aryl methyl sites for hydroxylation is 1. The molecule has 20 heavy (non-hydrogen) atoms. The van der Waals surface area contributed by atoms with Gasteiger partial charge >= 0.3 is 0 Å². The van der Waals surface area contributed by atoms with E-state index in [0.29, 0.717) is 29.6 Å². The molecule has 0 bridgehead atoms. The summed E-state index contributed by atoms with van der Waals surface area (Å²) in [6.07, 6.45) is 0.938. The van der Waals surface area contributed by atoms with Crippen LogP contribution >= 0.6 is 11.6 Å². The fraction of sp³-hybridized carbons (Fsp3) is 0.571. The van der Waals surface area contributed by atoms with E-state index in [9.17, 15) is 8.42 Å². The summed E-state index contributed by atoms with van der Waals surface area (Å²) in [5.41, 5.74) is 6.65. The second kappa shape index (κ2) is 6.78. The van der Waals surface area contributed by atoms with E-state index in [4.69, 9.17) is 17.3 Å². The van der Waals surface area contributed by atoms with Crippen LogP contribution in [-0.4, -0.2) is 25.8 Å². The van der Waals surface area contributed by atoms with Crippen LogP contribution in [0.15, 0.2) is 17.0 Å². The second-order valence-electron chi connectivity index (χ2n) is 5.11. The van der Waals surface area contributed by atoms with Gasteiger partial charge in [-0.05, 0) is 30.5 Å². The van der Waals surface area contributed by atoms with Gasteiger partial charge in [0.15, 0.2) is 0 Å². The van der Waals surface area contributed by atoms with Gasteiger partial charge in [0.05, 0.1) is 15.6 Å². The topological polar surface area (TPSA) is 63.4 Å². The lowest BCUT2D eigenvalue weighted by atomic mass is 10.1. The van der Waals surface area contributed by atoms with Crippen molar-refractivity contribution in [2.24, 2.45) is 5.92 Å². The van der Waals surface area contributed by atoms with Gasteiger partial charge in [-0.2, -0.15) is 4.31 Å². The third-order valence-electron chi connectivity index (χ3n) is 3.48. The summed E-state index contributed by atoms with van der Waals surface area (Å²) < 4.78 is 26.9. The molecule has 0 fully saturated rings. The molecule has 114 valence electrons. The first-order valence-corrected chi connectivity index (χ1v) is 8.61. The summed E-state index contributed by atoms with van der Waals surface area (Å²) in [4.78, 5) is 0.240. The Morgan fingerprint density at radius 2 is 1.95 bits per heavy atom. The summed E-state index contributed by atoms with van der Waals surface area (Å²) in [6, 6.07) is 3.05. The molecule has 1 aromatic carbocycles. The van der Waals surface area contributed by atoms with Gasteiger partial charge in [-0.1, -0.05) is 38.8 Å². The predicted molar refractivity (Wildman–Crippen MR) is 84.5 cm³/mol. The fourth-order valence-corrected chi connectivity index (χ4v) is 3.99. The molecule has 0 spiro atoms. The zero-order valence-corrected chi connectivity index (χ0v) is 14.1. The van der Waals surface area contributed by atoms with Crippen LogP contribution in [-0.2, 0) is 10.0 Å².